The molecule has 104 valence electrons. The molecule has 0 saturated carbocycles. The lowest BCUT2D eigenvalue weighted by atomic mass is 10.0. The van der Waals surface area contributed by atoms with Crippen molar-refractivity contribution < 1.29 is 14.4 Å². The molecule has 2 atom stereocenters. The first-order chi connectivity index (χ1) is 8.90. The van der Waals surface area contributed by atoms with Crippen LogP contribution in [0.4, 0.5) is 0 Å². The van der Waals surface area contributed by atoms with Crippen LogP contribution in [0.15, 0.2) is 12.4 Å². The molecule has 1 rings (SSSR count). The molecule has 4 N–H and O–H groups in total. The number of nitrogens with two attached hydrogens (primary N) is 1. The maximum Gasteiger partial charge on any atom is 0.240 e. The molecule has 19 heavy (non-hydrogen) atoms. The van der Waals surface area contributed by atoms with Crippen molar-refractivity contribution >= 4 is 17.6 Å². The van der Waals surface area contributed by atoms with E-state index in [2.05, 4.69) is 15.3 Å². The molecule has 0 bridgehead atoms. The van der Waals surface area contributed by atoms with Gasteiger partial charge >= 0.3 is 0 Å². The molecule has 1 heterocycles. The summed E-state index contributed by atoms with van der Waals surface area (Å²) in [5.74, 6) is -1.02. The minimum absolute atomic E-state index is 0.0793. The van der Waals surface area contributed by atoms with E-state index in [4.69, 9.17) is 5.73 Å². The van der Waals surface area contributed by atoms with Crippen molar-refractivity contribution in [1.82, 2.24) is 15.3 Å². The largest absolute Gasteiger partial charge is 0.368 e. The first-order valence-electron chi connectivity index (χ1n) is 5.97. The Kier molecular flexibility index (Phi) is 5.23. The maximum atomic E-state index is 11.8. The number of carbonyl (C=O) groups is 3. The zero-order valence-electron chi connectivity index (χ0n) is 11.0. The van der Waals surface area contributed by atoms with Crippen LogP contribution in [0.1, 0.15) is 26.1 Å². The molecule has 1 aromatic rings. The van der Waals surface area contributed by atoms with Crippen LogP contribution in [0.25, 0.3) is 0 Å². The molecule has 7 heteroatoms. The first-order valence-corrected chi connectivity index (χ1v) is 5.97. The third kappa shape index (κ3) is 4.90. The molecular formula is C12H18N4O3. The summed E-state index contributed by atoms with van der Waals surface area (Å²) in [6.45, 7) is 3.04. The Hall–Kier alpha value is -2.18. The van der Waals surface area contributed by atoms with Gasteiger partial charge in [-0.2, -0.15) is 0 Å². The summed E-state index contributed by atoms with van der Waals surface area (Å²) in [7, 11) is 0. The summed E-state index contributed by atoms with van der Waals surface area (Å²) in [5.41, 5.74) is 5.24. The number of aromatic amines is 1. The molecule has 0 radical (unpaired) electrons. The van der Waals surface area contributed by atoms with Gasteiger partial charge in [-0.1, -0.05) is 6.92 Å². The minimum atomic E-state index is -0.840. The van der Waals surface area contributed by atoms with E-state index in [1.165, 1.54) is 6.92 Å². The fraction of sp³-hybridized carbons (Fsp3) is 0.500. The topological polar surface area (TPSA) is 118 Å². The molecule has 1 aromatic heterocycles. The molecule has 0 aliphatic carbocycles. The second-order valence-electron chi connectivity index (χ2n) is 4.51. The van der Waals surface area contributed by atoms with E-state index >= 15 is 0 Å². The Bertz CT molecular complexity index is 456. The van der Waals surface area contributed by atoms with Crippen molar-refractivity contribution in [3.05, 3.63) is 18.2 Å². The molecule has 0 unspecified atom stereocenters. The normalized spacial score (nSPS) is 13.6. The molecule has 0 saturated heterocycles. The number of carbonyl (C=O) groups excluding carboxylic acids is 3. The summed E-state index contributed by atoms with van der Waals surface area (Å²) in [4.78, 5) is 40.9. The van der Waals surface area contributed by atoms with E-state index in [9.17, 15) is 14.4 Å². The number of hydrogen-bond acceptors (Lipinski definition) is 4. The Balaban J connectivity index is 2.61. The summed E-state index contributed by atoms with van der Waals surface area (Å²) in [6.07, 6.45) is 3.50. The van der Waals surface area contributed by atoms with Crippen LogP contribution >= 0.6 is 0 Å². The molecule has 0 spiro atoms. The average molecular weight is 266 g/mol. The molecule has 0 aliphatic heterocycles. The van der Waals surface area contributed by atoms with E-state index in [1.54, 1.807) is 19.3 Å². The van der Waals surface area contributed by atoms with Gasteiger partial charge in [-0.25, -0.2) is 4.98 Å². The number of rotatable bonds is 7. The molecule has 0 aromatic carbocycles. The highest BCUT2D eigenvalue weighted by Crippen LogP contribution is 2.04. The number of nitrogens with one attached hydrogen (secondary N) is 2. The fourth-order valence-electron chi connectivity index (χ4n) is 1.66. The SMILES string of the molecule is CC(=O)C[C@@H](C)C(=O)N[C@H](Cc1ncc[nH]1)C(N)=O. The van der Waals surface area contributed by atoms with E-state index in [-0.39, 0.29) is 24.5 Å². The fourth-order valence-corrected chi connectivity index (χ4v) is 1.66. The van der Waals surface area contributed by atoms with Crippen molar-refractivity contribution in [3.63, 3.8) is 0 Å². The number of H-pyrrole nitrogens is 1. The van der Waals surface area contributed by atoms with Crippen LogP contribution < -0.4 is 11.1 Å². The van der Waals surface area contributed by atoms with Gasteiger partial charge < -0.3 is 20.8 Å². The van der Waals surface area contributed by atoms with Crippen molar-refractivity contribution in [2.24, 2.45) is 11.7 Å². The Morgan fingerprint density at radius 1 is 1.47 bits per heavy atom. The Morgan fingerprint density at radius 2 is 2.16 bits per heavy atom. The highest BCUT2D eigenvalue weighted by atomic mass is 16.2. The summed E-state index contributed by atoms with van der Waals surface area (Å²) >= 11 is 0. The van der Waals surface area contributed by atoms with Gasteiger partial charge in [0.2, 0.25) is 11.8 Å². The third-order valence-corrected chi connectivity index (χ3v) is 2.65. The first kappa shape index (κ1) is 14.9. The van der Waals surface area contributed by atoms with Crippen molar-refractivity contribution in [2.75, 3.05) is 0 Å². The average Bonchev–Trinajstić information content (AvgIpc) is 2.79. The Labute approximate surface area is 111 Å². The monoisotopic (exact) mass is 266 g/mol. The van der Waals surface area contributed by atoms with E-state index < -0.39 is 17.9 Å². The second kappa shape index (κ2) is 6.67. The van der Waals surface area contributed by atoms with Crippen LogP contribution in [-0.4, -0.2) is 33.6 Å². The quantitative estimate of drug-likeness (QED) is 0.618. The minimum Gasteiger partial charge on any atom is -0.368 e. The van der Waals surface area contributed by atoms with Crippen molar-refractivity contribution in [2.45, 2.75) is 32.7 Å². The van der Waals surface area contributed by atoms with Gasteiger partial charge in [0.25, 0.3) is 0 Å². The number of ketones is 1. The number of primary amides is 1. The van der Waals surface area contributed by atoms with E-state index in [0.717, 1.165) is 0 Å². The van der Waals surface area contributed by atoms with Crippen LogP contribution in [0.2, 0.25) is 0 Å². The van der Waals surface area contributed by atoms with Gasteiger partial charge in [0.05, 0.1) is 0 Å². The molecule has 7 nitrogen and oxygen atoms in total. The van der Waals surface area contributed by atoms with Crippen LogP contribution in [0, 0.1) is 5.92 Å². The zero-order valence-corrected chi connectivity index (χ0v) is 11.0. The molecule has 2 amide bonds. The van der Waals surface area contributed by atoms with Gasteiger partial charge in [-0.3, -0.25) is 9.59 Å². The van der Waals surface area contributed by atoms with Gasteiger partial charge in [0.1, 0.15) is 17.6 Å². The second-order valence-corrected chi connectivity index (χ2v) is 4.51. The summed E-state index contributed by atoms with van der Waals surface area (Å²) < 4.78 is 0. The van der Waals surface area contributed by atoms with E-state index in [1.807, 2.05) is 0 Å². The smallest absolute Gasteiger partial charge is 0.240 e. The molecule has 0 fully saturated rings. The number of Topliss-reactive ketones (excluding diaryl/α,β-unsaturated/α-hetero) is 1. The number of nitrogens with zero attached hydrogens (tertiary/aromatic N) is 1. The van der Waals surface area contributed by atoms with E-state index in [0.29, 0.717) is 5.82 Å². The predicted octanol–water partition coefficient (Wildman–Crippen LogP) is -0.462. The lowest BCUT2D eigenvalue weighted by Crippen LogP contribution is -2.47. The maximum absolute atomic E-state index is 11.8. The van der Waals surface area contributed by atoms with Crippen LogP contribution in [0.3, 0.4) is 0 Å². The van der Waals surface area contributed by atoms with Crippen molar-refractivity contribution in [3.8, 4) is 0 Å². The predicted molar refractivity (Wildman–Crippen MR) is 67.9 cm³/mol. The highest BCUT2D eigenvalue weighted by molar-refractivity contribution is 5.89. The standard InChI is InChI=1S/C12H18N4O3/c1-7(5-8(2)17)12(19)16-9(11(13)18)6-10-14-3-4-15-10/h3-4,7,9H,5-6H2,1-2H3,(H2,13,18)(H,14,15)(H,16,19)/t7-,9-/m1/s1. The lowest BCUT2D eigenvalue weighted by Gasteiger charge is -2.17. The summed E-state index contributed by atoms with van der Waals surface area (Å²) in [5, 5.41) is 2.53. The Morgan fingerprint density at radius 3 is 2.63 bits per heavy atom. The lowest BCUT2D eigenvalue weighted by molar-refractivity contribution is -0.131. The molecule has 0 aliphatic rings. The number of hydrogen-bond donors (Lipinski definition) is 3. The van der Waals surface area contributed by atoms with Gasteiger partial charge in [0, 0.05) is 31.2 Å². The summed E-state index contributed by atoms with van der Waals surface area (Å²) in [6, 6.07) is -0.840. The zero-order chi connectivity index (χ0) is 14.4. The van der Waals surface area contributed by atoms with Gasteiger partial charge in [0.15, 0.2) is 0 Å². The number of amides is 2. The van der Waals surface area contributed by atoms with Crippen LogP contribution in [-0.2, 0) is 20.8 Å². The van der Waals surface area contributed by atoms with Crippen molar-refractivity contribution in [1.29, 1.82) is 0 Å². The van der Waals surface area contributed by atoms with Gasteiger partial charge in [-0.15, -0.1) is 0 Å². The number of imidazole rings is 1. The van der Waals surface area contributed by atoms with Gasteiger partial charge in [-0.05, 0) is 6.92 Å². The molecular weight excluding hydrogens is 248 g/mol. The van der Waals surface area contributed by atoms with Crippen LogP contribution in [0.5, 0.6) is 0 Å². The number of aromatic nitrogens is 2. The highest BCUT2D eigenvalue weighted by Gasteiger charge is 2.23. The third-order valence-electron chi connectivity index (χ3n) is 2.65.